The van der Waals surface area contributed by atoms with Crippen LogP contribution in [-0.2, 0) is 18.0 Å². The fraction of sp³-hybridized carbons (Fsp3) is 1.00. The molecule has 4 aliphatic rings. The summed E-state index contributed by atoms with van der Waals surface area (Å²) in [4.78, 5) is 0. The average molecular weight is 497 g/mol. The normalized spacial score (nSPS) is 31.1. The predicted octanol–water partition coefficient (Wildman–Crippen LogP) is 6.93. The minimum atomic E-state index is -2.74. The highest BCUT2D eigenvalue weighted by Crippen LogP contribution is 2.37. The molecule has 4 saturated carbocycles. The second kappa shape index (κ2) is 14.1. The third kappa shape index (κ3) is 8.27. The molecule has 34 heavy (non-hydrogen) atoms. The Balaban J connectivity index is 1.37. The maximum absolute atomic E-state index is 10.7. The fourth-order valence-corrected chi connectivity index (χ4v) is 10.1. The number of rotatable bonds is 11. The summed E-state index contributed by atoms with van der Waals surface area (Å²) < 4.78 is 26.8. The van der Waals surface area contributed by atoms with E-state index in [1.54, 1.807) is 0 Å². The Labute approximate surface area is 210 Å². The van der Waals surface area contributed by atoms with E-state index in [1.165, 1.54) is 70.6 Å². The van der Waals surface area contributed by atoms with Crippen molar-refractivity contribution in [1.29, 1.82) is 0 Å². The van der Waals surface area contributed by atoms with Gasteiger partial charge in [0.25, 0.3) is 0 Å². The molecule has 0 bridgehead atoms. The molecule has 198 valence electrons. The first-order chi connectivity index (χ1) is 16.7. The number of ether oxygens (including phenoxy) is 1. The van der Waals surface area contributed by atoms with E-state index in [0.29, 0.717) is 30.8 Å². The molecule has 0 aliphatic heterocycles. The second-order valence-electron chi connectivity index (χ2n) is 11.6. The highest BCUT2D eigenvalue weighted by molar-refractivity contribution is 6.60. The van der Waals surface area contributed by atoms with Crippen molar-refractivity contribution in [1.82, 2.24) is 0 Å². The number of aliphatic hydroxyl groups excluding tert-OH is 1. The van der Waals surface area contributed by atoms with E-state index in [1.807, 2.05) is 0 Å². The van der Waals surface area contributed by atoms with E-state index in [-0.39, 0.29) is 12.2 Å². The SMILES string of the molecule is CCO[Si](CCC1CCC(O)C(OC2CCCCC2)C1)(OC1CCCCC1)OC1CCCCC1. The van der Waals surface area contributed by atoms with Crippen molar-refractivity contribution in [3.63, 3.8) is 0 Å². The van der Waals surface area contributed by atoms with E-state index in [2.05, 4.69) is 6.92 Å². The van der Waals surface area contributed by atoms with Crippen molar-refractivity contribution in [2.24, 2.45) is 5.92 Å². The molecule has 0 spiro atoms. The first-order valence-corrected chi connectivity index (χ1v) is 16.9. The maximum Gasteiger partial charge on any atom is 0.501 e. The smallest absolute Gasteiger partial charge is 0.390 e. The van der Waals surface area contributed by atoms with Gasteiger partial charge in [-0.3, -0.25) is 0 Å². The molecular weight excluding hydrogens is 444 g/mol. The van der Waals surface area contributed by atoms with E-state index < -0.39 is 8.80 Å². The zero-order valence-corrected chi connectivity index (χ0v) is 22.9. The van der Waals surface area contributed by atoms with Crippen molar-refractivity contribution in [2.75, 3.05) is 6.61 Å². The van der Waals surface area contributed by atoms with E-state index in [4.69, 9.17) is 18.0 Å². The molecule has 0 aromatic heterocycles. The van der Waals surface area contributed by atoms with Crippen molar-refractivity contribution < 1.29 is 23.1 Å². The summed E-state index contributed by atoms with van der Waals surface area (Å²) >= 11 is 0. The second-order valence-corrected chi connectivity index (χ2v) is 14.2. The van der Waals surface area contributed by atoms with Gasteiger partial charge < -0.3 is 23.1 Å². The van der Waals surface area contributed by atoms with Gasteiger partial charge in [0.15, 0.2) is 0 Å². The molecule has 0 heterocycles. The molecule has 0 saturated heterocycles. The first-order valence-electron chi connectivity index (χ1n) is 15.0. The molecule has 6 heteroatoms. The highest BCUT2D eigenvalue weighted by atomic mass is 28.4. The number of aliphatic hydroxyl groups is 1. The molecule has 4 rings (SSSR count). The quantitative estimate of drug-likeness (QED) is 0.314. The largest absolute Gasteiger partial charge is 0.501 e. The van der Waals surface area contributed by atoms with Gasteiger partial charge in [0.05, 0.1) is 18.3 Å². The van der Waals surface area contributed by atoms with Gasteiger partial charge in [-0.05, 0) is 77.0 Å². The molecule has 5 nitrogen and oxygen atoms in total. The summed E-state index contributed by atoms with van der Waals surface area (Å²) in [5.74, 6) is 0.564. The van der Waals surface area contributed by atoms with Crippen LogP contribution in [0.2, 0.25) is 6.04 Å². The van der Waals surface area contributed by atoms with Gasteiger partial charge in [-0.25, -0.2) is 0 Å². The Morgan fingerprint density at radius 3 is 1.74 bits per heavy atom. The minimum absolute atomic E-state index is 0.00327. The Kier molecular flexibility index (Phi) is 11.2. The Morgan fingerprint density at radius 1 is 0.676 bits per heavy atom. The summed E-state index contributed by atoms with van der Waals surface area (Å²) in [7, 11) is -2.74. The molecule has 0 amide bonds. The predicted molar refractivity (Wildman–Crippen MR) is 138 cm³/mol. The van der Waals surface area contributed by atoms with Crippen molar-refractivity contribution >= 4 is 8.80 Å². The minimum Gasteiger partial charge on any atom is -0.390 e. The maximum atomic E-state index is 10.7. The summed E-state index contributed by atoms with van der Waals surface area (Å²) in [5.41, 5.74) is 0. The van der Waals surface area contributed by atoms with Gasteiger partial charge in [0, 0.05) is 24.9 Å². The summed E-state index contributed by atoms with van der Waals surface area (Å²) in [6.45, 7) is 2.77. The van der Waals surface area contributed by atoms with Gasteiger partial charge in [-0.2, -0.15) is 0 Å². The van der Waals surface area contributed by atoms with E-state index in [0.717, 1.165) is 57.4 Å². The topological polar surface area (TPSA) is 57.2 Å². The molecule has 4 aliphatic carbocycles. The number of hydrogen-bond donors (Lipinski definition) is 1. The summed E-state index contributed by atoms with van der Waals surface area (Å²) in [5, 5.41) is 10.7. The van der Waals surface area contributed by atoms with Gasteiger partial charge in [-0.1, -0.05) is 57.8 Å². The van der Waals surface area contributed by atoms with Gasteiger partial charge in [-0.15, -0.1) is 0 Å². The van der Waals surface area contributed by atoms with Crippen LogP contribution in [0.5, 0.6) is 0 Å². The standard InChI is InChI=1S/C28H52O5Si/c1-2-30-34(32-25-14-8-4-9-15-25,33-26-16-10-5-11-17-26)21-20-23-18-19-27(29)28(22-23)31-24-12-6-3-7-13-24/h23-29H,2-22H2,1H3. The molecule has 3 unspecified atom stereocenters. The van der Waals surface area contributed by atoms with Gasteiger partial charge >= 0.3 is 8.80 Å². The number of hydrogen-bond acceptors (Lipinski definition) is 5. The first kappa shape index (κ1) is 27.1. The Morgan fingerprint density at radius 2 is 1.21 bits per heavy atom. The lowest BCUT2D eigenvalue weighted by Gasteiger charge is -2.40. The van der Waals surface area contributed by atoms with E-state index in [9.17, 15) is 5.11 Å². The fourth-order valence-electron chi connectivity index (χ4n) is 6.81. The summed E-state index contributed by atoms with van der Waals surface area (Å²) in [6, 6.07) is 0.921. The third-order valence-corrected chi connectivity index (χ3v) is 11.8. The van der Waals surface area contributed by atoms with Crippen molar-refractivity contribution in [3.8, 4) is 0 Å². The molecule has 0 aromatic carbocycles. The van der Waals surface area contributed by atoms with Crippen LogP contribution >= 0.6 is 0 Å². The zero-order valence-electron chi connectivity index (χ0n) is 21.9. The monoisotopic (exact) mass is 496 g/mol. The van der Waals surface area contributed by atoms with Crippen LogP contribution < -0.4 is 0 Å². The molecule has 0 aromatic rings. The van der Waals surface area contributed by atoms with Crippen LogP contribution in [0.4, 0.5) is 0 Å². The van der Waals surface area contributed by atoms with Crippen molar-refractivity contribution in [2.45, 2.75) is 165 Å². The van der Waals surface area contributed by atoms with Crippen molar-refractivity contribution in [3.05, 3.63) is 0 Å². The summed E-state index contributed by atoms with van der Waals surface area (Å²) in [6.07, 6.45) is 23.2. The van der Waals surface area contributed by atoms with Crippen LogP contribution in [0.3, 0.4) is 0 Å². The van der Waals surface area contributed by atoms with Crippen LogP contribution in [0.25, 0.3) is 0 Å². The van der Waals surface area contributed by atoms with Crippen LogP contribution in [0.1, 0.15) is 129 Å². The highest BCUT2D eigenvalue weighted by Gasteiger charge is 2.46. The lowest BCUT2D eigenvalue weighted by atomic mass is 9.83. The Hall–Kier alpha value is 0.0169. The molecular formula is C28H52O5Si. The average Bonchev–Trinajstić information content (AvgIpc) is 2.87. The lowest BCUT2D eigenvalue weighted by Crippen LogP contribution is -2.51. The van der Waals surface area contributed by atoms with Gasteiger partial charge in [0.1, 0.15) is 0 Å². The molecule has 0 radical (unpaired) electrons. The lowest BCUT2D eigenvalue weighted by molar-refractivity contribution is -0.113. The zero-order chi connectivity index (χ0) is 23.6. The molecule has 1 N–H and O–H groups in total. The molecule has 3 atom stereocenters. The van der Waals surface area contributed by atoms with E-state index >= 15 is 0 Å². The van der Waals surface area contributed by atoms with Crippen LogP contribution in [-0.4, -0.2) is 51.0 Å². The van der Waals surface area contributed by atoms with Gasteiger partial charge in [0.2, 0.25) is 0 Å². The third-order valence-electron chi connectivity index (χ3n) is 8.80. The van der Waals surface area contributed by atoms with Crippen LogP contribution in [0.15, 0.2) is 0 Å². The van der Waals surface area contributed by atoms with Crippen LogP contribution in [0, 0.1) is 5.92 Å². The molecule has 4 fully saturated rings. The Bertz CT molecular complexity index is 537.